The molecule has 1 aromatic rings. The SMILES string of the molecule is CCC(CC)NC(=O)COc1ccc(C(C)=O)cc1C. The summed E-state index contributed by atoms with van der Waals surface area (Å²) in [7, 11) is 0. The highest BCUT2D eigenvalue weighted by Gasteiger charge is 2.10. The Morgan fingerprint density at radius 1 is 1.25 bits per heavy atom. The van der Waals surface area contributed by atoms with Crippen molar-refractivity contribution < 1.29 is 14.3 Å². The third-order valence-corrected chi connectivity index (χ3v) is 3.29. The lowest BCUT2D eigenvalue weighted by molar-refractivity contribution is -0.123. The Morgan fingerprint density at radius 2 is 1.90 bits per heavy atom. The second kappa shape index (κ2) is 7.68. The number of rotatable bonds is 7. The predicted molar refractivity (Wildman–Crippen MR) is 79.2 cm³/mol. The molecule has 0 aliphatic carbocycles. The monoisotopic (exact) mass is 277 g/mol. The molecular weight excluding hydrogens is 254 g/mol. The summed E-state index contributed by atoms with van der Waals surface area (Å²) in [5.41, 5.74) is 1.50. The zero-order valence-electron chi connectivity index (χ0n) is 12.7. The van der Waals surface area contributed by atoms with Crippen LogP contribution >= 0.6 is 0 Å². The van der Waals surface area contributed by atoms with Crippen molar-refractivity contribution >= 4 is 11.7 Å². The lowest BCUT2D eigenvalue weighted by atomic mass is 10.1. The first-order valence-corrected chi connectivity index (χ1v) is 7.01. The number of ether oxygens (including phenoxy) is 1. The van der Waals surface area contributed by atoms with E-state index >= 15 is 0 Å². The van der Waals surface area contributed by atoms with Crippen LogP contribution in [-0.4, -0.2) is 24.3 Å². The van der Waals surface area contributed by atoms with Crippen molar-refractivity contribution in [3.63, 3.8) is 0 Å². The van der Waals surface area contributed by atoms with Gasteiger partial charge in [-0.3, -0.25) is 9.59 Å². The lowest BCUT2D eigenvalue weighted by Gasteiger charge is -2.15. The predicted octanol–water partition coefficient (Wildman–Crippen LogP) is 2.88. The second-order valence-corrected chi connectivity index (χ2v) is 4.91. The van der Waals surface area contributed by atoms with Crippen molar-refractivity contribution in [3.8, 4) is 5.75 Å². The van der Waals surface area contributed by atoms with E-state index in [2.05, 4.69) is 5.32 Å². The molecule has 4 heteroatoms. The maximum Gasteiger partial charge on any atom is 0.258 e. The van der Waals surface area contributed by atoms with Gasteiger partial charge in [0.05, 0.1) is 0 Å². The number of nitrogens with one attached hydrogen (secondary N) is 1. The van der Waals surface area contributed by atoms with E-state index in [0.29, 0.717) is 11.3 Å². The van der Waals surface area contributed by atoms with Crippen LogP contribution in [0.15, 0.2) is 18.2 Å². The smallest absolute Gasteiger partial charge is 0.258 e. The van der Waals surface area contributed by atoms with Gasteiger partial charge < -0.3 is 10.1 Å². The topological polar surface area (TPSA) is 55.4 Å². The molecule has 1 aromatic carbocycles. The Kier molecular flexibility index (Phi) is 6.22. The maximum absolute atomic E-state index is 11.7. The summed E-state index contributed by atoms with van der Waals surface area (Å²) >= 11 is 0. The van der Waals surface area contributed by atoms with E-state index in [1.807, 2.05) is 20.8 Å². The minimum Gasteiger partial charge on any atom is -0.484 e. The Morgan fingerprint density at radius 3 is 2.40 bits per heavy atom. The van der Waals surface area contributed by atoms with Gasteiger partial charge in [-0.25, -0.2) is 0 Å². The van der Waals surface area contributed by atoms with E-state index in [1.54, 1.807) is 18.2 Å². The molecule has 0 fully saturated rings. The minimum atomic E-state index is -0.117. The molecule has 0 spiro atoms. The van der Waals surface area contributed by atoms with Crippen LogP contribution in [0.2, 0.25) is 0 Å². The molecule has 4 nitrogen and oxygen atoms in total. The van der Waals surface area contributed by atoms with Crippen LogP contribution in [0.4, 0.5) is 0 Å². The average Bonchev–Trinajstić information content (AvgIpc) is 2.43. The fourth-order valence-corrected chi connectivity index (χ4v) is 1.94. The first-order chi connectivity index (χ1) is 9.47. The standard InChI is InChI=1S/C16H23NO3/c1-5-14(6-2)17-16(19)10-20-15-8-7-13(12(4)18)9-11(15)3/h7-9,14H,5-6,10H2,1-4H3,(H,17,19). The minimum absolute atomic E-state index is 0.00322. The van der Waals surface area contributed by atoms with Gasteiger partial charge in [-0.05, 0) is 50.5 Å². The third-order valence-electron chi connectivity index (χ3n) is 3.29. The Balaban J connectivity index is 2.57. The van der Waals surface area contributed by atoms with Gasteiger partial charge in [-0.15, -0.1) is 0 Å². The number of amides is 1. The van der Waals surface area contributed by atoms with E-state index in [-0.39, 0.29) is 24.3 Å². The molecule has 0 unspecified atom stereocenters. The molecule has 0 saturated heterocycles. The van der Waals surface area contributed by atoms with Crippen LogP contribution in [0, 0.1) is 6.92 Å². The van der Waals surface area contributed by atoms with E-state index < -0.39 is 0 Å². The summed E-state index contributed by atoms with van der Waals surface area (Å²) in [4.78, 5) is 23.0. The number of carbonyl (C=O) groups is 2. The summed E-state index contributed by atoms with van der Waals surface area (Å²) in [6, 6.07) is 5.42. The zero-order chi connectivity index (χ0) is 15.1. The highest BCUT2D eigenvalue weighted by molar-refractivity contribution is 5.94. The summed E-state index contributed by atoms with van der Waals surface area (Å²) in [6.45, 7) is 7.47. The number of hydrogen-bond acceptors (Lipinski definition) is 3. The molecular formula is C16H23NO3. The van der Waals surface area contributed by atoms with Crippen LogP contribution in [-0.2, 0) is 4.79 Å². The molecule has 1 rings (SSSR count). The summed E-state index contributed by atoms with van der Waals surface area (Å²) in [5.74, 6) is 0.537. The molecule has 0 atom stereocenters. The van der Waals surface area contributed by atoms with Gasteiger partial charge in [0, 0.05) is 11.6 Å². The number of hydrogen-bond donors (Lipinski definition) is 1. The van der Waals surface area contributed by atoms with Crippen LogP contribution in [0.3, 0.4) is 0 Å². The molecule has 0 radical (unpaired) electrons. The second-order valence-electron chi connectivity index (χ2n) is 4.91. The first-order valence-electron chi connectivity index (χ1n) is 7.01. The van der Waals surface area contributed by atoms with Crippen molar-refractivity contribution in [2.75, 3.05) is 6.61 Å². The van der Waals surface area contributed by atoms with E-state index in [4.69, 9.17) is 4.74 Å². The van der Waals surface area contributed by atoms with Gasteiger partial charge in [0.25, 0.3) is 5.91 Å². The van der Waals surface area contributed by atoms with Gasteiger partial charge in [0.1, 0.15) is 5.75 Å². The van der Waals surface area contributed by atoms with Crippen LogP contribution in [0.1, 0.15) is 49.5 Å². The van der Waals surface area contributed by atoms with Crippen LogP contribution in [0.5, 0.6) is 5.75 Å². The third kappa shape index (κ3) is 4.68. The van der Waals surface area contributed by atoms with Gasteiger partial charge in [0.15, 0.2) is 12.4 Å². The fourth-order valence-electron chi connectivity index (χ4n) is 1.94. The van der Waals surface area contributed by atoms with Gasteiger partial charge in [-0.1, -0.05) is 13.8 Å². The Labute approximate surface area is 120 Å². The van der Waals surface area contributed by atoms with Crippen LogP contribution in [0.25, 0.3) is 0 Å². The molecule has 0 saturated carbocycles. The molecule has 0 aromatic heterocycles. The van der Waals surface area contributed by atoms with Crippen molar-refractivity contribution in [1.29, 1.82) is 0 Å². The number of ketones is 1. The highest BCUT2D eigenvalue weighted by Crippen LogP contribution is 2.19. The number of benzene rings is 1. The number of Topliss-reactive ketones (excluding diaryl/α,β-unsaturated/α-hetero) is 1. The zero-order valence-corrected chi connectivity index (χ0v) is 12.7. The number of aryl methyl sites for hydroxylation is 1. The van der Waals surface area contributed by atoms with Crippen molar-refractivity contribution in [2.45, 2.75) is 46.6 Å². The summed E-state index contributed by atoms with van der Waals surface area (Å²) in [6.07, 6.45) is 1.82. The van der Waals surface area contributed by atoms with Gasteiger partial charge in [-0.2, -0.15) is 0 Å². The molecule has 0 aliphatic rings. The van der Waals surface area contributed by atoms with E-state index in [0.717, 1.165) is 18.4 Å². The molecule has 1 N–H and O–H groups in total. The molecule has 0 bridgehead atoms. The largest absolute Gasteiger partial charge is 0.484 e. The summed E-state index contributed by atoms with van der Waals surface area (Å²) in [5, 5.41) is 2.92. The first kappa shape index (κ1) is 16.2. The molecule has 20 heavy (non-hydrogen) atoms. The maximum atomic E-state index is 11.7. The Bertz CT molecular complexity index is 479. The quantitative estimate of drug-likeness (QED) is 0.780. The normalized spacial score (nSPS) is 10.4. The van der Waals surface area contributed by atoms with Crippen molar-refractivity contribution in [3.05, 3.63) is 29.3 Å². The Hall–Kier alpha value is -1.84. The van der Waals surface area contributed by atoms with Crippen molar-refractivity contribution in [1.82, 2.24) is 5.32 Å². The highest BCUT2D eigenvalue weighted by atomic mass is 16.5. The molecule has 0 heterocycles. The lowest BCUT2D eigenvalue weighted by Crippen LogP contribution is -2.37. The molecule has 1 amide bonds. The van der Waals surface area contributed by atoms with Gasteiger partial charge in [0.2, 0.25) is 0 Å². The molecule has 110 valence electrons. The van der Waals surface area contributed by atoms with Crippen molar-refractivity contribution in [2.24, 2.45) is 0 Å². The average molecular weight is 277 g/mol. The summed E-state index contributed by atoms with van der Waals surface area (Å²) < 4.78 is 5.50. The van der Waals surface area contributed by atoms with E-state index in [1.165, 1.54) is 6.92 Å². The molecule has 0 aliphatic heterocycles. The van der Waals surface area contributed by atoms with Crippen LogP contribution < -0.4 is 10.1 Å². The number of carbonyl (C=O) groups excluding carboxylic acids is 2. The van der Waals surface area contributed by atoms with Gasteiger partial charge >= 0.3 is 0 Å². The fraction of sp³-hybridized carbons (Fsp3) is 0.500. The van der Waals surface area contributed by atoms with E-state index in [9.17, 15) is 9.59 Å².